The van der Waals surface area contributed by atoms with Gasteiger partial charge in [0.1, 0.15) is 5.92 Å². The Balaban J connectivity index is 4.18. The Hall–Kier alpha value is -0.790. The van der Waals surface area contributed by atoms with Gasteiger partial charge in [0.15, 0.2) is 0 Å². The van der Waals surface area contributed by atoms with Crippen LogP contribution in [-0.4, -0.2) is 43.1 Å². The number of nitrogens with one attached hydrogen (secondary N) is 2. The maximum Gasteiger partial charge on any atom is 0.237 e. The molecule has 5 nitrogen and oxygen atoms in total. The van der Waals surface area contributed by atoms with E-state index in [0.717, 1.165) is 18.3 Å². The molecule has 0 aromatic rings. The van der Waals surface area contributed by atoms with Crippen molar-refractivity contribution in [2.24, 2.45) is 11.3 Å². The number of rotatable bonds is 10. The first kappa shape index (κ1) is 20.2. The maximum absolute atomic E-state index is 12.1. The summed E-state index contributed by atoms with van der Waals surface area (Å²) in [5.41, 5.74) is -0.374. The van der Waals surface area contributed by atoms with Crippen LogP contribution in [0.1, 0.15) is 26.7 Å². The topological polar surface area (TPSA) is 82.0 Å². The summed E-state index contributed by atoms with van der Waals surface area (Å²) >= 11 is 1.66. The highest BCUT2D eigenvalue weighted by molar-refractivity contribution is 7.98. The molecule has 0 saturated carbocycles. The fraction of sp³-hybridized carbons (Fsp3) is 0.786. The van der Waals surface area contributed by atoms with Crippen LogP contribution < -0.4 is 10.6 Å². The summed E-state index contributed by atoms with van der Waals surface area (Å²) in [4.78, 5) is 23.6. The lowest BCUT2D eigenvalue weighted by Crippen LogP contribution is -2.40. The van der Waals surface area contributed by atoms with Gasteiger partial charge >= 0.3 is 0 Å². The summed E-state index contributed by atoms with van der Waals surface area (Å²) in [7, 11) is 2.61. The van der Waals surface area contributed by atoms with Gasteiger partial charge in [-0.1, -0.05) is 13.8 Å². The third-order valence-electron chi connectivity index (χ3n) is 3.24. The van der Waals surface area contributed by atoms with Crippen LogP contribution in [-0.2, 0) is 9.59 Å². The number of hydrogen-bond donors (Lipinski definition) is 2. The molecule has 0 fully saturated rings. The second-order valence-corrected chi connectivity index (χ2v) is 7.04. The molecule has 0 bridgehead atoms. The van der Waals surface area contributed by atoms with Crippen molar-refractivity contribution in [2.75, 3.05) is 31.3 Å². The zero-order valence-electron chi connectivity index (χ0n) is 13.1. The molecule has 0 spiro atoms. The Kier molecular flexibility index (Phi) is 10.5. The Morgan fingerprint density at radius 2 is 2.00 bits per heavy atom. The Morgan fingerprint density at radius 1 is 1.33 bits per heavy atom. The Bertz CT molecular complexity index is 383. The number of nitriles is 1. The predicted octanol–water partition coefficient (Wildman–Crippen LogP) is 1.40. The molecular formula is C14H26N3O2PS. The van der Waals surface area contributed by atoms with Gasteiger partial charge in [-0.2, -0.15) is 17.0 Å². The average molecular weight is 331 g/mol. The van der Waals surface area contributed by atoms with E-state index in [4.69, 9.17) is 0 Å². The lowest BCUT2D eigenvalue weighted by atomic mass is 9.77. The first-order valence-corrected chi connectivity index (χ1v) is 9.23. The van der Waals surface area contributed by atoms with Crippen molar-refractivity contribution in [3.63, 3.8) is 0 Å². The van der Waals surface area contributed by atoms with Crippen LogP contribution in [0.3, 0.4) is 0 Å². The molecule has 0 saturated heterocycles. The third kappa shape index (κ3) is 8.28. The molecule has 120 valence electrons. The molecule has 0 aliphatic rings. The van der Waals surface area contributed by atoms with E-state index in [1.54, 1.807) is 11.8 Å². The van der Waals surface area contributed by atoms with Gasteiger partial charge in [0, 0.05) is 25.3 Å². The van der Waals surface area contributed by atoms with Crippen LogP contribution in [0.25, 0.3) is 0 Å². The number of amides is 2. The summed E-state index contributed by atoms with van der Waals surface area (Å²) in [5.74, 6) is -0.199. The summed E-state index contributed by atoms with van der Waals surface area (Å²) in [5, 5.41) is 14.7. The third-order valence-corrected chi connectivity index (χ3v) is 4.14. The van der Waals surface area contributed by atoms with Crippen LogP contribution in [0.15, 0.2) is 0 Å². The van der Waals surface area contributed by atoms with Crippen molar-refractivity contribution in [3.05, 3.63) is 0 Å². The van der Waals surface area contributed by atoms with Gasteiger partial charge in [-0.3, -0.25) is 9.59 Å². The van der Waals surface area contributed by atoms with Crippen molar-refractivity contribution < 1.29 is 9.59 Å². The standard InChI is InChI=1S/C14H26N3O2PS/c1-14(2,5-8-20)11(10-15)13(19)17-6-4-12(18)16-7-9-21-3/h11H,4-9,20H2,1-3H3,(H,16,18)(H,17,19). The van der Waals surface area contributed by atoms with Gasteiger partial charge in [-0.05, 0) is 24.3 Å². The van der Waals surface area contributed by atoms with Gasteiger partial charge < -0.3 is 10.6 Å². The minimum Gasteiger partial charge on any atom is -0.355 e. The van der Waals surface area contributed by atoms with E-state index in [0.29, 0.717) is 6.54 Å². The zero-order valence-corrected chi connectivity index (χ0v) is 15.0. The van der Waals surface area contributed by atoms with E-state index in [9.17, 15) is 14.9 Å². The molecule has 2 N–H and O–H groups in total. The van der Waals surface area contributed by atoms with E-state index < -0.39 is 5.92 Å². The predicted molar refractivity (Wildman–Crippen MR) is 91.1 cm³/mol. The van der Waals surface area contributed by atoms with Crippen LogP contribution in [0.4, 0.5) is 0 Å². The quantitative estimate of drug-likeness (QED) is 0.468. The fourth-order valence-electron chi connectivity index (χ4n) is 1.89. The second kappa shape index (κ2) is 10.9. The van der Waals surface area contributed by atoms with Crippen molar-refractivity contribution >= 4 is 32.8 Å². The molecule has 0 aliphatic carbocycles. The Labute approximate surface area is 134 Å². The lowest BCUT2D eigenvalue weighted by molar-refractivity contribution is -0.126. The smallest absolute Gasteiger partial charge is 0.237 e. The number of nitrogens with zero attached hydrogens (tertiary/aromatic N) is 1. The second-order valence-electron chi connectivity index (χ2n) is 5.47. The average Bonchev–Trinajstić information content (AvgIpc) is 2.39. The molecule has 0 aromatic carbocycles. The highest BCUT2D eigenvalue weighted by Gasteiger charge is 2.34. The minimum absolute atomic E-state index is 0.0814. The van der Waals surface area contributed by atoms with Gasteiger partial charge in [-0.25, -0.2) is 0 Å². The van der Waals surface area contributed by atoms with Crippen LogP contribution in [0.5, 0.6) is 0 Å². The van der Waals surface area contributed by atoms with Crippen molar-refractivity contribution in [1.82, 2.24) is 10.6 Å². The van der Waals surface area contributed by atoms with Gasteiger partial charge in [0.25, 0.3) is 0 Å². The molecule has 2 amide bonds. The highest BCUT2D eigenvalue weighted by atomic mass is 32.2. The summed E-state index contributed by atoms with van der Waals surface area (Å²) in [6, 6.07) is 2.08. The van der Waals surface area contributed by atoms with E-state index in [2.05, 4.69) is 25.9 Å². The molecule has 0 heterocycles. The Morgan fingerprint density at radius 3 is 2.52 bits per heavy atom. The normalized spacial score (nSPS) is 12.3. The minimum atomic E-state index is -0.697. The van der Waals surface area contributed by atoms with Crippen LogP contribution in [0.2, 0.25) is 0 Å². The molecule has 7 heteroatoms. The SMILES string of the molecule is CSCCNC(=O)CCNC(=O)C(C#N)C(C)(C)CCP. The summed E-state index contributed by atoms with van der Waals surface area (Å²) < 4.78 is 0. The molecule has 2 unspecified atom stereocenters. The number of carbonyl (C=O) groups excluding carboxylic acids is 2. The number of hydrogen-bond acceptors (Lipinski definition) is 4. The van der Waals surface area contributed by atoms with Crippen LogP contribution in [0, 0.1) is 22.7 Å². The molecule has 2 atom stereocenters. The lowest BCUT2D eigenvalue weighted by Gasteiger charge is -2.28. The molecular weight excluding hydrogens is 305 g/mol. The monoisotopic (exact) mass is 331 g/mol. The van der Waals surface area contributed by atoms with Crippen molar-refractivity contribution in [2.45, 2.75) is 26.7 Å². The maximum atomic E-state index is 12.1. The van der Waals surface area contributed by atoms with Gasteiger partial charge in [0.2, 0.25) is 11.8 Å². The molecule has 21 heavy (non-hydrogen) atoms. The van der Waals surface area contributed by atoms with Crippen molar-refractivity contribution in [3.8, 4) is 6.07 Å². The van der Waals surface area contributed by atoms with Crippen LogP contribution >= 0.6 is 21.0 Å². The molecule has 0 radical (unpaired) electrons. The zero-order chi connectivity index (χ0) is 16.3. The molecule has 0 rings (SSSR count). The molecule has 0 aromatic heterocycles. The van der Waals surface area contributed by atoms with Gasteiger partial charge in [-0.15, -0.1) is 9.24 Å². The summed E-state index contributed by atoms with van der Waals surface area (Å²) in [6.07, 6.45) is 3.84. The first-order chi connectivity index (χ1) is 9.88. The van der Waals surface area contributed by atoms with E-state index in [1.165, 1.54) is 0 Å². The molecule has 0 aliphatic heterocycles. The first-order valence-electron chi connectivity index (χ1n) is 7.02. The van der Waals surface area contributed by atoms with E-state index >= 15 is 0 Å². The fourth-order valence-corrected chi connectivity index (χ4v) is 2.94. The van der Waals surface area contributed by atoms with Gasteiger partial charge in [0.05, 0.1) is 6.07 Å². The highest BCUT2D eigenvalue weighted by Crippen LogP contribution is 2.31. The summed E-state index contributed by atoms with van der Waals surface area (Å²) in [6.45, 7) is 4.73. The number of thioether (sulfide) groups is 1. The number of carbonyl (C=O) groups is 2. The van der Waals surface area contributed by atoms with E-state index in [1.807, 2.05) is 20.1 Å². The van der Waals surface area contributed by atoms with Crippen molar-refractivity contribution in [1.29, 1.82) is 5.26 Å². The van der Waals surface area contributed by atoms with E-state index in [-0.39, 0.29) is 30.2 Å². The largest absolute Gasteiger partial charge is 0.355 e.